The third kappa shape index (κ3) is 3.79. The molecule has 6 heteroatoms. The predicted molar refractivity (Wildman–Crippen MR) is 75.6 cm³/mol. The lowest BCUT2D eigenvalue weighted by atomic mass is 10.2. The number of H-pyrrole nitrogens is 1. The van der Waals surface area contributed by atoms with Crippen LogP contribution in [0.25, 0.3) is 10.9 Å². The Bertz CT molecular complexity index is 613. The molecule has 5 nitrogen and oxygen atoms in total. The molecule has 2 atom stereocenters. The molecule has 0 saturated heterocycles. The fourth-order valence-corrected chi connectivity index (χ4v) is 1.97. The number of aliphatic hydroxyl groups is 2. The molecule has 1 heterocycles. The van der Waals surface area contributed by atoms with Gasteiger partial charge in [0.1, 0.15) is 5.75 Å². The van der Waals surface area contributed by atoms with Gasteiger partial charge in [0.15, 0.2) is 6.29 Å². The zero-order chi connectivity index (χ0) is 13.8. The van der Waals surface area contributed by atoms with Gasteiger partial charge < -0.3 is 19.9 Å². The van der Waals surface area contributed by atoms with E-state index in [0.717, 1.165) is 5.39 Å². The van der Waals surface area contributed by atoms with E-state index in [9.17, 15) is 15.0 Å². The summed E-state index contributed by atoms with van der Waals surface area (Å²) in [6.07, 6.45) is -1.66. The average Bonchev–Trinajstić information content (AvgIpc) is 2.37. The lowest BCUT2D eigenvalue weighted by molar-refractivity contribution is -0.0460. The van der Waals surface area contributed by atoms with Crippen molar-refractivity contribution in [1.29, 1.82) is 0 Å². The van der Waals surface area contributed by atoms with Crippen LogP contribution >= 0.6 is 15.9 Å². The number of hydrogen-bond acceptors (Lipinski definition) is 4. The Morgan fingerprint density at radius 3 is 2.74 bits per heavy atom. The predicted octanol–water partition coefficient (Wildman–Crippen LogP) is 1.37. The molecule has 0 aliphatic rings. The van der Waals surface area contributed by atoms with Crippen LogP contribution in [0.3, 0.4) is 0 Å². The van der Waals surface area contributed by atoms with Gasteiger partial charge in [-0.05, 0) is 23.6 Å². The summed E-state index contributed by atoms with van der Waals surface area (Å²) in [5.74, 6) is 0.434. The van der Waals surface area contributed by atoms with Gasteiger partial charge in [-0.15, -0.1) is 0 Å². The van der Waals surface area contributed by atoms with Crippen molar-refractivity contribution in [3.63, 3.8) is 0 Å². The molecule has 0 fully saturated rings. The molecule has 0 spiro atoms. The number of halogens is 1. The Labute approximate surface area is 118 Å². The first-order valence-corrected chi connectivity index (χ1v) is 6.92. The molecule has 1 aromatic heterocycles. The number of fused-ring (bicyclic) bond motifs is 1. The quantitative estimate of drug-likeness (QED) is 0.572. The van der Waals surface area contributed by atoms with E-state index in [2.05, 4.69) is 20.9 Å². The summed E-state index contributed by atoms with van der Waals surface area (Å²) in [6, 6.07) is 8.28. The van der Waals surface area contributed by atoms with E-state index in [4.69, 9.17) is 4.74 Å². The van der Waals surface area contributed by atoms with E-state index in [-0.39, 0.29) is 12.0 Å². The van der Waals surface area contributed by atoms with E-state index in [1.54, 1.807) is 24.3 Å². The second-order valence-corrected chi connectivity index (χ2v) is 4.84. The van der Waals surface area contributed by atoms with Gasteiger partial charge in [-0.1, -0.05) is 15.9 Å². The van der Waals surface area contributed by atoms with E-state index in [1.807, 2.05) is 0 Å². The monoisotopic (exact) mass is 327 g/mol. The van der Waals surface area contributed by atoms with Crippen molar-refractivity contribution in [3.8, 4) is 5.75 Å². The van der Waals surface area contributed by atoms with Gasteiger partial charge in [0.2, 0.25) is 5.56 Å². The van der Waals surface area contributed by atoms with Gasteiger partial charge in [-0.25, -0.2) is 0 Å². The Hall–Kier alpha value is -1.37. The number of benzene rings is 1. The highest BCUT2D eigenvalue weighted by Gasteiger charge is 2.12. The minimum Gasteiger partial charge on any atom is -0.465 e. The van der Waals surface area contributed by atoms with Gasteiger partial charge in [0.25, 0.3) is 0 Å². The number of hydrogen-bond donors (Lipinski definition) is 3. The summed E-state index contributed by atoms with van der Waals surface area (Å²) in [6.45, 7) is 0. The minimum absolute atomic E-state index is 0.106. The first-order chi connectivity index (χ1) is 9.08. The largest absolute Gasteiger partial charge is 0.465 e. The smallest absolute Gasteiger partial charge is 0.248 e. The van der Waals surface area contributed by atoms with Gasteiger partial charge >= 0.3 is 0 Å². The fraction of sp³-hybridized carbons (Fsp3) is 0.308. The summed E-state index contributed by atoms with van der Waals surface area (Å²) in [5, 5.41) is 20.3. The topological polar surface area (TPSA) is 82.6 Å². The number of alkyl halides is 1. The highest BCUT2D eigenvalue weighted by molar-refractivity contribution is 9.09. The summed E-state index contributed by atoms with van der Waals surface area (Å²) < 4.78 is 5.29. The molecule has 19 heavy (non-hydrogen) atoms. The highest BCUT2D eigenvalue weighted by Crippen LogP contribution is 2.19. The van der Waals surface area contributed by atoms with Crippen LogP contribution in [-0.4, -0.2) is 32.9 Å². The maximum absolute atomic E-state index is 11.2. The third-order valence-corrected chi connectivity index (χ3v) is 3.37. The third-order valence-electron chi connectivity index (χ3n) is 2.62. The number of ether oxygens (including phenoxy) is 1. The number of aliphatic hydroxyl groups excluding tert-OH is 2. The van der Waals surface area contributed by atoms with Gasteiger partial charge in [0.05, 0.1) is 11.6 Å². The van der Waals surface area contributed by atoms with Crippen LogP contribution in [-0.2, 0) is 0 Å². The first kappa shape index (κ1) is 14.0. The number of aromatic amines is 1. The maximum Gasteiger partial charge on any atom is 0.248 e. The van der Waals surface area contributed by atoms with Gasteiger partial charge in [-0.3, -0.25) is 4.79 Å². The minimum atomic E-state index is -1.10. The van der Waals surface area contributed by atoms with Crippen LogP contribution in [0.15, 0.2) is 35.1 Å². The molecule has 0 saturated carbocycles. The Kier molecular flexibility index (Phi) is 4.57. The number of rotatable bonds is 5. The van der Waals surface area contributed by atoms with Gasteiger partial charge in [-0.2, -0.15) is 0 Å². The number of pyridine rings is 1. The maximum atomic E-state index is 11.2. The molecule has 0 amide bonds. The van der Waals surface area contributed by atoms with Crippen molar-refractivity contribution in [2.24, 2.45) is 0 Å². The molecule has 102 valence electrons. The molecule has 0 radical (unpaired) electrons. The van der Waals surface area contributed by atoms with E-state index in [1.165, 1.54) is 6.07 Å². The van der Waals surface area contributed by atoms with Crippen molar-refractivity contribution >= 4 is 26.8 Å². The summed E-state index contributed by atoms with van der Waals surface area (Å²) in [5.41, 5.74) is 0.443. The second kappa shape index (κ2) is 6.18. The van der Waals surface area contributed by atoms with Crippen molar-refractivity contribution in [2.75, 3.05) is 5.33 Å². The van der Waals surface area contributed by atoms with Crippen LogP contribution in [0.1, 0.15) is 6.42 Å². The second-order valence-electron chi connectivity index (χ2n) is 4.19. The van der Waals surface area contributed by atoms with Crippen LogP contribution < -0.4 is 10.3 Å². The Balaban J connectivity index is 2.14. The van der Waals surface area contributed by atoms with Crippen molar-refractivity contribution in [1.82, 2.24) is 4.98 Å². The fourth-order valence-electron chi connectivity index (χ4n) is 1.70. The lowest BCUT2D eigenvalue weighted by Crippen LogP contribution is -2.23. The number of aromatic nitrogens is 1. The van der Waals surface area contributed by atoms with E-state index < -0.39 is 12.4 Å². The first-order valence-electron chi connectivity index (χ1n) is 5.80. The van der Waals surface area contributed by atoms with Crippen molar-refractivity contribution in [2.45, 2.75) is 18.8 Å². The molecular weight excluding hydrogens is 314 g/mol. The highest BCUT2D eigenvalue weighted by atomic mass is 79.9. The summed E-state index contributed by atoms with van der Waals surface area (Å²) in [4.78, 5) is 13.9. The Morgan fingerprint density at radius 1 is 1.26 bits per heavy atom. The molecule has 0 aliphatic heterocycles. The van der Waals surface area contributed by atoms with Crippen LogP contribution in [0.5, 0.6) is 5.75 Å². The molecule has 2 rings (SSSR count). The standard InChI is InChI=1S/C13H14BrNO4/c14-7-9(16)5-13(18)19-10-3-1-8-2-4-12(17)15-11(8)6-10/h1-4,6,9,13,16,18H,5,7H2,(H,15,17). The van der Waals surface area contributed by atoms with E-state index >= 15 is 0 Å². The van der Waals surface area contributed by atoms with Gasteiger partial charge in [0, 0.05) is 23.9 Å². The summed E-state index contributed by atoms with van der Waals surface area (Å²) in [7, 11) is 0. The SMILES string of the molecule is O=c1ccc2ccc(OC(O)CC(O)CBr)cc2[nH]1. The van der Waals surface area contributed by atoms with Crippen LogP contribution in [0.2, 0.25) is 0 Å². The molecule has 2 unspecified atom stereocenters. The zero-order valence-corrected chi connectivity index (χ0v) is 11.6. The lowest BCUT2D eigenvalue weighted by Gasteiger charge is -2.16. The molecule has 0 aliphatic carbocycles. The van der Waals surface area contributed by atoms with Crippen molar-refractivity contribution in [3.05, 3.63) is 40.7 Å². The van der Waals surface area contributed by atoms with Crippen LogP contribution in [0, 0.1) is 0 Å². The summed E-state index contributed by atoms with van der Waals surface area (Å²) >= 11 is 3.11. The van der Waals surface area contributed by atoms with E-state index in [0.29, 0.717) is 16.6 Å². The molecule has 2 aromatic rings. The van der Waals surface area contributed by atoms with Crippen molar-refractivity contribution < 1.29 is 14.9 Å². The average molecular weight is 328 g/mol. The number of nitrogens with one attached hydrogen (secondary N) is 1. The molecular formula is C13H14BrNO4. The normalized spacial score (nSPS) is 14.3. The zero-order valence-electron chi connectivity index (χ0n) is 10.0. The Morgan fingerprint density at radius 2 is 2.00 bits per heavy atom. The van der Waals surface area contributed by atoms with Crippen LogP contribution in [0.4, 0.5) is 0 Å². The molecule has 0 bridgehead atoms. The molecule has 3 N–H and O–H groups in total. The molecule has 1 aromatic carbocycles.